The maximum absolute atomic E-state index is 12.1. The van der Waals surface area contributed by atoms with Crippen LogP contribution in [0.15, 0.2) is 0 Å². The summed E-state index contributed by atoms with van der Waals surface area (Å²) in [6, 6.07) is 0. The zero-order valence-corrected chi connectivity index (χ0v) is 52.8. The second-order valence-corrected chi connectivity index (χ2v) is 25.3. The van der Waals surface area contributed by atoms with Crippen molar-refractivity contribution in [3.63, 3.8) is 0 Å². The van der Waals surface area contributed by atoms with Gasteiger partial charge in [-0.2, -0.15) is 0 Å². The van der Waals surface area contributed by atoms with Gasteiger partial charge in [-0.1, -0.05) is 168 Å². The first-order valence-electron chi connectivity index (χ1n) is 27.1. The molecule has 0 saturated carbocycles. The van der Waals surface area contributed by atoms with Crippen LogP contribution >= 0.6 is 23.5 Å². The summed E-state index contributed by atoms with van der Waals surface area (Å²) in [6.45, 7) is 5.48. The molecule has 20 nitrogen and oxygen atoms in total. The van der Waals surface area contributed by atoms with Gasteiger partial charge >= 0.3 is 34.3 Å². The first-order chi connectivity index (χ1) is 33.8. The minimum absolute atomic E-state index is 0. The minimum atomic E-state index is -4.76. The van der Waals surface area contributed by atoms with E-state index in [-0.39, 0.29) is 67.4 Å². The molecule has 0 bridgehead atoms. The van der Waals surface area contributed by atoms with Gasteiger partial charge in [0.05, 0.1) is 93.5 Å². The quantitative estimate of drug-likeness (QED) is 0.0240. The van der Waals surface area contributed by atoms with E-state index in [1.165, 1.54) is 135 Å². The SMILES string of the molecule is CCCCCCCCCCCCCCCC(=O)OC[C@H](CO)OC(=O)CCCCCCCCCCCCCCC.C[N+](C)(C)CCOP(=O)([O-])[O-].C[N+](C)(C)CCOP(=O)([O-])[O-].C[N+](C)(C)CCOP(=O)([O-])[O-].[Au+3]. The Morgan fingerprint density at radius 3 is 0.865 bits per heavy atom. The number of ether oxygens (including phenoxy) is 2. The summed E-state index contributed by atoms with van der Waals surface area (Å²) >= 11 is 0. The summed E-state index contributed by atoms with van der Waals surface area (Å²) < 4.78 is 54.3. The number of carbonyl (C=O) groups is 2. The Morgan fingerprint density at radius 1 is 0.419 bits per heavy atom. The molecule has 0 heterocycles. The number of likely N-dealkylation sites (N-methyl/N-ethyl adjacent to an activating group) is 3. The number of carbonyl (C=O) groups excluding carboxylic acids is 2. The Labute approximate surface area is 465 Å². The van der Waals surface area contributed by atoms with Crippen molar-refractivity contribution in [3.8, 4) is 0 Å². The van der Waals surface area contributed by atoms with Crippen molar-refractivity contribution >= 4 is 35.4 Å². The third kappa shape index (κ3) is 85.8. The number of unbranched alkanes of at least 4 members (excludes halogenated alkanes) is 24. The molecule has 0 aromatic rings. The summed E-state index contributed by atoms with van der Waals surface area (Å²) in [5.41, 5.74) is 0. The molecule has 1 N–H and O–H groups in total. The normalized spacial score (nSPS) is 12.5. The van der Waals surface area contributed by atoms with E-state index in [1.807, 2.05) is 63.4 Å². The van der Waals surface area contributed by atoms with Gasteiger partial charge in [-0.25, -0.2) is 0 Å². The molecule has 0 unspecified atom stereocenters. The molecule has 0 fully saturated rings. The average molecular weight is 1310 g/mol. The number of phosphoric acid groups is 3. The Bertz CT molecular complexity index is 1330. The molecule has 0 radical (unpaired) electrons. The fraction of sp³-hybridized carbons (Fsp3) is 0.960. The van der Waals surface area contributed by atoms with Gasteiger partial charge < -0.3 is 84.7 Å². The van der Waals surface area contributed by atoms with Crippen LogP contribution < -0.4 is 29.4 Å². The van der Waals surface area contributed by atoms with Crippen molar-refractivity contribution in [2.45, 2.75) is 200 Å². The molecule has 74 heavy (non-hydrogen) atoms. The number of aliphatic hydroxyl groups excluding tert-OH is 1. The van der Waals surface area contributed by atoms with Gasteiger partial charge in [0.2, 0.25) is 0 Å². The van der Waals surface area contributed by atoms with Gasteiger partial charge in [0, 0.05) is 12.8 Å². The first kappa shape index (κ1) is 82.7. The van der Waals surface area contributed by atoms with Crippen molar-refractivity contribution in [2.75, 3.05) is 116 Å². The number of rotatable bonds is 44. The molecule has 0 aliphatic rings. The number of quaternary nitrogens is 3. The van der Waals surface area contributed by atoms with Gasteiger partial charge in [-0.15, -0.1) is 0 Å². The molecule has 0 rings (SSSR count). The van der Waals surface area contributed by atoms with Gasteiger partial charge in [-0.05, 0) is 12.8 Å². The van der Waals surface area contributed by atoms with Crippen molar-refractivity contribution in [3.05, 3.63) is 0 Å². The van der Waals surface area contributed by atoms with E-state index in [9.17, 15) is 57.8 Å². The number of phosphoric ester groups is 3. The van der Waals surface area contributed by atoms with Crippen LogP contribution in [0, 0.1) is 0 Å². The predicted octanol–water partition coefficient (Wildman–Crippen LogP) is 6.01. The summed E-state index contributed by atoms with van der Waals surface area (Å²) in [6.07, 6.45) is 32.9. The number of esters is 2. The molecule has 1 atom stereocenters. The van der Waals surface area contributed by atoms with E-state index in [0.29, 0.717) is 45.9 Å². The summed E-state index contributed by atoms with van der Waals surface area (Å²) in [4.78, 5) is 83.9. The molecular formula is C50H107AuN3O17P3. The number of nitrogens with zero attached hydrogens (tertiary/aromatic N) is 3. The molecule has 0 saturated heterocycles. The van der Waals surface area contributed by atoms with E-state index < -0.39 is 29.6 Å². The van der Waals surface area contributed by atoms with Crippen LogP contribution in [0.1, 0.15) is 194 Å². The molecule has 0 amide bonds. The maximum Gasteiger partial charge on any atom is 3.00 e. The summed E-state index contributed by atoms with van der Waals surface area (Å²) in [5, 5.41) is 9.50. The molecule has 0 aliphatic carbocycles. The zero-order chi connectivity index (χ0) is 56.7. The fourth-order valence-corrected chi connectivity index (χ4v) is 7.40. The average Bonchev–Trinajstić information content (AvgIpc) is 3.23. The summed E-state index contributed by atoms with van der Waals surface area (Å²) in [7, 11) is 2.62. The van der Waals surface area contributed by atoms with E-state index in [4.69, 9.17) is 9.47 Å². The standard InChI is InChI=1S/C35H68O5.3C5H14NO4P.Au/c1-3-5-7-9-11-13-15-17-19-21-23-25-27-29-34(37)39-32-33(31-36)40-35(38)30-28-26-24-22-20-18-16-14-12-10-8-6-4-2;3*1-6(2,3)4-5-10-11(7,8)9;/h33,36H,3-32H2,1-2H3;3*4-5H2,1-3H3,(H-,7,8,9);/q;;;;+3/p-3/t33-;;;;/m0..../s1. The van der Waals surface area contributed by atoms with Crippen LogP contribution in [0.25, 0.3) is 0 Å². The Balaban J connectivity index is -0.000000373. The molecular weight excluding hydrogens is 1200 g/mol. The van der Waals surface area contributed by atoms with Gasteiger partial charge in [0.25, 0.3) is 0 Å². The Kier molecular flexibility index (Phi) is 57.0. The smallest absolute Gasteiger partial charge is 0.790 e. The molecule has 24 heteroatoms. The Hall–Kier alpha value is -0.150. The summed E-state index contributed by atoms with van der Waals surface area (Å²) in [5.74, 6) is -0.580. The topological polar surface area (TPSA) is 290 Å². The molecule has 0 spiro atoms. The van der Waals surface area contributed by atoms with Crippen molar-refractivity contribution in [1.29, 1.82) is 0 Å². The van der Waals surface area contributed by atoms with Gasteiger partial charge in [0.15, 0.2) is 6.10 Å². The van der Waals surface area contributed by atoms with Crippen LogP contribution in [-0.2, 0) is 68.7 Å². The molecule has 0 aromatic heterocycles. The van der Waals surface area contributed by atoms with Crippen LogP contribution in [0.4, 0.5) is 0 Å². The van der Waals surface area contributed by atoms with Gasteiger partial charge in [0.1, 0.15) is 46.1 Å². The number of aliphatic hydroxyl groups is 1. The zero-order valence-electron chi connectivity index (χ0n) is 48.0. The number of hydrogen-bond donors (Lipinski definition) is 1. The largest absolute Gasteiger partial charge is 3.00 e. The van der Waals surface area contributed by atoms with E-state index in [2.05, 4.69) is 27.4 Å². The molecule has 450 valence electrons. The maximum atomic E-state index is 12.1. The minimum Gasteiger partial charge on any atom is -0.790 e. The van der Waals surface area contributed by atoms with E-state index in [0.717, 1.165) is 32.1 Å². The fourth-order valence-electron chi connectivity index (χ4n) is 6.48. The second-order valence-electron chi connectivity index (χ2n) is 21.8. The van der Waals surface area contributed by atoms with Crippen LogP contribution in [0.5, 0.6) is 0 Å². The van der Waals surface area contributed by atoms with Gasteiger partial charge in [-0.3, -0.25) is 9.59 Å². The monoisotopic (exact) mass is 1310 g/mol. The Morgan fingerprint density at radius 2 is 0.649 bits per heavy atom. The van der Waals surface area contributed by atoms with Crippen molar-refractivity contribution < 1.29 is 117 Å². The number of hydrogen-bond acceptors (Lipinski definition) is 17. The van der Waals surface area contributed by atoms with Crippen molar-refractivity contribution in [2.24, 2.45) is 0 Å². The predicted molar refractivity (Wildman–Crippen MR) is 278 cm³/mol. The van der Waals surface area contributed by atoms with Crippen LogP contribution in [0.3, 0.4) is 0 Å². The van der Waals surface area contributed by atoms with Crippen LogP contribution in [0.2, 0.25) is 0 Å². The third-order valence-corrected chi connectivity index (χ3v) is 12.4. The molecule has 0 aliphatic heterocycles. The van der Waals surface area contributed by atoms with E-state index in [1.54, 1.807) is 0 Å². The van der Waals surface area contributed by atoms with Crippen LogP contribution in [-0.4, -0.2) is 153 Å². The van der Waals surface area contributed by atoms with Crippen molar-refractivity contribution in [1.82, 2.24) is 0 Å². The molecule has 0 aromatic carbocycles. The second kappa shape index (κ2) is 51.0. The first-order valence-corrected chi connectivity index (χ1v) is 31.5. The third-order valence-electron chi connectivity index (χ3n) is 10.9. The van der Waals surface area contributed by atoms with E-state index >= 15 is 0 Å².